The minimum Gasteiger partial charge on any atom is -0.466 e. The standard InChI is InChI=1S/C16H28N2O4/c1-4-21-16(20)14-5-7-17(8-6-14)11-15(19)18-9-12(2)22-13(3)10-18/h12-14H,4-11H2,1-3H3. The van der Waals surface area contributed by atoms with Gasteiger partial charge >= 0.3 is 5.97 Å². The number of ether oxygens (including phenoxy) is 2. The van der Waals surface area contributed by atoms with Gasteiger partial charge < -0.3 is 14.4 Å². The first-order valence-corrected chi connectivity index (χ1v) is 8.31. The smallest absolute Gasteiger partial charge is 0.309 e. The highest BCUT2D eigenvalue weighted by molar-refractivity contribution is 5.78. The molecule has 0 bridgehead atoms. The normalized spacial score (nSPS) is 27.7. The largest absolute Gasteiger partial charge is 0.466 e. The van der Waals surface area contributed by atoms with Crippen LogP contribution in [-0.4, -0.2) is 73.2 Å². The fraction of sp³-hybridized carbons (Fsp3) is 0.875. The van der Waals surface area contributed by atoms with Gasteiger partial charge in [-0.05, 0) is 46.7 Å². The van der Waals surface area contributed by atoms with Crippen molar-refractivity contribution >= 4 is 11.9 Å². The van der Waals surface area contributed by atoms with Crippen molar-refractivity contribution in [2.75, 3.05) is 39.3 Å². The Morgan fingerprint density at radius 3 is 2.27 bits per heavy atom. The molecule has 0 radical (unpaired) electrons. The second-order valence-electron chi connectivity index (χ2n) is 6.36. The Balaban J connectivity index is 1.76. The lowest BCUT2D eigenvalue weighted by atomic mass is 9.97. The summed E-state index contributed by atoms with van der Waals surface area (Å²) in [5.74, 6) is 0.0654. The Labute approximate surface area is 132 Å². The monoisotopic (exact) mass is 312 g/mol. The molecule has 2 unspecified atom stereocenters. The summed E-state index contributed by atoms with van der Waals surface area (Å²) in [6, 6.07) is 0. The molecule has 0 aliphatic carbocycles. The van der Waals surface area contributed by atoms with Crippen molar-refractivity contribution in [3.8, 4) is 0 Å². The van der Waals surface area contributed by atoms with Gasteiger partial charge in [-0.2, -0.15) is 0 Å². The molecule has 2 rings (SSSR count). The van der Waals surface area contributed by atoms with Crippen LogP contribution in [0.25, 0.3) is 0 Å². The number of rotatable bonds is 4. The van der Waals surface area contributed by atoms with Gasteiger partial charge in [0.1, 0.15) is 0 Å². The van der Waals surface area contributed by atoms with Gasteiger partial charge in [0.25, 0.3) is 0 Å². The van der Waals surface area contributed by atoms with E-state index < -0.39 is 0 Å². The Morgan fingerprint density at radius 2 is 1.73 bits per heavy atom. The summed E-state index contributed by atoms with van der Waals surface area (Å²) in [7, 11) is 0. The van der Waals surface area contributed by atoms with Gasteiger partial charge in [-0.1, -0.05) is 0 Å². The molecule has 6 heteroatoms. The number of carbonyl (C=O) groups excluding carboxylic acids is 2. The van der Waals surface area contributed by atoms with Crippen molar-refractivity contribution in [1.82, 2.24) is 9.80 Å². The number of carbonyl (C=O) groups is 2. The highest BCUT2D eigenvalue weighted by atomic mass is 16.5. The molecule has 0 saturated carbocycles. The quantitative estimate of drug-likeness (QED) is 0.722. The van der Waals surface area contributed by atoms with Crippen LogP contribution in [0.5, 0.6) is 0 Å². The van der Waals surface area contributed by atoms with Gasteiger partial charge in [0.15, 0.2) is 0 Å². The van der Waals surface area contributed by atoms with Crippen LogP contribution in [0.1, 0.15) is 33.6 Å². The van der Waals surface area contributed by atoms with E-state index in [2.05, 4.69) is 4.90 Å². The summed E-state index contributed by atoms with van der Waals surface area (Å²) in [5.41, 5.74) is 0. The van der Waals surface area contributed by atoms with Gasteiger partial charge in [-0.3, -0.25) is 14.5 Å². The average molecular weight is 312 g/mol. The Hall–Kier alpha value is -1.14. The van der Waals surface area contributed by atoms with Crippen LogP contribution in [0.3, 0.4) is 0 Å². The van der Waals surface area contributed by atoms with Gasteiger partial charge in [-0.15, -0.1) is 0 Å². The van der Waals surface area contributed by atoms with Crippen LogP contribution in [0.2, 0.25) is 0 Å². The first kappa shape index (κ1) is 17.2. The summed E-state index contributed by atoms with van der Waals surface area (Å²) < 4.78 is 10.7. The highest BCUT2D eigenvalue weighted by Gasteiger charge is 2.30. The molecular weight excluding hydrogens is 284 g/mol. The van der Waals surface area contributed by atoms with E-state index in [1.54, 1.807) is 0 Å². The van der Waals surface area contributed by atoms with Gasteiger partial charge in [0, 0.05) is 13.1 Å². The molecule has 126 valence electrons. The lowest BCUT2D eigenvalue weighted by molar-refractivity contribution is -0.150. The predicted octanol–water partition coefficient (Wildman–Crippen LogP) is 0.897. The number of piperidine rings is 1. The zero-order valence-electron chi connectivity index (χ0n) is 13.9. The third-order valence-electron chi connectivity index (χ3n) is 4.34. The maximum absolute atomic E-state index is 12.4. The number of hydrogen-bond acceptors (Lipinski definition) is 5. The summed E-state index contributed by atoms with van der Waals surface area (Å²) in [6.45, 7) is 9.61. The first-order valence-electron chi connectivity index (χ1n) is 8.31. The molecule has 2 heterocycles. The third kappa shape index (κ3) is 4.68. The van der Waals surface area contributed by atoms with Gasteiger partial charge in [0.05, 0.1) is 31.3 Å². The molecule has 1 amide bonds. The van der Waals surface area contributed by atoms with Crippen molar-refractivity contribution in [2.45, 2.75) is 45.8 Å². The van der Waals surface area contributed by atoms with Crippen molar-refractivity contribution in [2.24, 2.45) is 5.92 Å². The lowest BCUT2D eigenvalue weighted by Gasteiger charge is -2.37. The van der Waals surface area contributed by atoms with Crippen LogP contribution in [0.15, 0.2) is 0 Å². The number of nitrogens with zero attached hydrogens (tertiary/aromatic N) is 2. The predicted molar refractivity (Wildman–Crippen MR) is 82.4 cm³/mol. The SMILES string of the molecule is CCOC(=O)C1CCN(CC(=O)N2CC(C)OC(C)C2)CC1. The molecule has 22 heavy (non-hydrogen) atoms. The van der Waals surface area contributed by atoms with E-state index in [0.29, 0.717) is 26.2 Å². The summed E-state index contributed by atoms with van der Waals surface area (Å²) in [4.78, 5) is 28.2. The molecule has 6 nitrogen and oxygen atoms in total. The van der Waals surface area contributed by atoms with Crippen molar-refractivity contribution in [3.05, 3.63) is 0 Å². The number of amides is 1. The Bertz CT molecular complexity index is 384. The fourth-order valence-electron chi connectivity index (χ4n) is 3.26. The molecule has 0 spiro atoms. The Kier molecular flexibility index (Phi) is 6.20. The van der Waals surface area contributed by atoms with Crippen LogP contribution in [0, 0.1) is 5.92 Å². The van der Waals surface area contributed by atoms with Crippen molar-refractivity contribution in [3.63, 3.8) is 0 Å². The average Bonchev–Trinajstić information content (AvgIpc) is 2.47. The van der Waals surface area contributed by atoms with E-state index >= 15 is 0 Å². The second-order valence-corrected chi connectivity index (χ2v) is 6.36. The van der Waals surface area contributed by atoms with Crippen LogP contribution >= 0.6 is 0 Å². The number of likely N-dealkylation sites (tertiary alicyclic amines) is 1. The van der Waals surface area contributed by atoms with Crippen LogP contribution < -0.4 is 0 Å². The maximum atomic E-state index is 12.4. The minimum atomic E-state index is -0.0932. The molecule has 0 aromatic heterocycles. The number of morpholine rings is 1. The lowest BCUT2D eigenvalue weighted by Crippen LogP contribution is -2.52. The number of esters is 1. The Morgan fingerprint density at radius 1 is 1.14 bits per heavy atom. The summed E-state index contributed by atoms with van der Waals surface area (Å²) in [6.07, 6.45) is 1.76. The highest BCUT2D eigenvalue weighted by Crippen LogP contribution is 2.19. The van der Waals surface area contributed by atoms with E-state index in [0.717, 1.165) is 25.9 Å². The zero-order chi connectivity index (χ0) is 16.1. The summed E-state index contributed by atoms with van der Waals surface area (Å²) >= 11 is 0. The van der Waals surface area contributed by atoms with Gasteiger partial charge in [0.2, 0.25) is 5.91 Å². The van der Waals surface area contributed by atoms with Crippen LogP contribution in [-0.2, 0) is 19.1 Å². The molecule has 0 aromatic rings. The number of hydrogen-bond donors (Lipinski definition) is 0. The molecule has 0 aromatic carbocycles. The van der Waals surface area contributed by atoms with Gasteiger partial charge in [-0.25, -0.2) is 0 Å². The molecule has 2 aliphatic rings. The van der Waals surface area contributed by atoms with E-state index in [9.17, 15) is 9.59 Å². The van der Waals surface area contributed by atoms with E-state index in [1.807, 2.05) is 25.7 Å². The van der Waals surface area contributed by atoms with E-state index in [1.165, 1.54) is 0 Å². The molecule has 2 saturated heterocycles. The topological polar surface area (TPSA) is 59.1 Å². The zero-order valence-corrected chi connectivity index (χ0v) is 13.9. The molecule has 2 fully saturated rings. The minimum absolute atomic E-state index is 0.00488. The molecular formula is C16H28N2O4. The fourth-order valence-corrected chi connectivity index (χ4v) is 3.26. The molecule has 2 atom stereocenters. The van der Waals surface area contributed by atoms with Crippen molar-refractivity contribution in [1.29, 1.82) is 0 Å². The maximum Gasteiger partial charge on any atom is 0.309 e. The van der Waals surface area contributed by atoms with E-state index in [4.69, 9.17) is 9.47 Å². The first-order chi connectivity index (χ1) is 10.5. The third-order valence-corrected chi connectivity index (χ3v) is 4.34. The second kappa shape index (κ2) is 7.92. The van der Waals surface area contributed by atoms with Crippen LogP contribution in [0.4, 0.5) is 0 Å². The summed E-state index contributed by atoms with van der Waals surface area (Å²) in [5, 5.41) is 0. The van der Waals surface area contributed by atoms with E-state index in [-0.39, 0.29) is 30.0 Å². The molecule has 0 N–H and O–H groups in total. The molecule has 2 aliphatic heterocycles. The van der Waals surface area contributed by atoms with Crippen molar-refractivity contribution < 1.29 is 19.1 Å².